The Hall–Kier alpha value is -3.05. The topological polar surface area (TPSA) is 61.1 Å². The summed E-state index contributed by atoms with van der Waals surface area (Å²) in [6.45, 7) is 2.36. The Kier molecular flexibility index (Phi) is 4.60. The molecular weight excluding hydrogens is 362 g/mol. The number of carbonyl (C=O) groups excluding carboxylic acids is 1. The number of Topliss-reactive ketones (excluding diaryl/α,β-unsaturated/α-hetero) is 1. The van der Waals surface area contributed by atoms with Gasteiger partial charge < -0.3 is 14.7 Å². The van der Waals surface area contributed by atoms with E-state index in [9.17, 15) is 4.79 Å². The number of hydrogen-bond donors (Lipinski definition) is 2. The second kappa shape index (κ2) is 7.41. The number of H-pyrrole nitrogens is 2. The van der Waals surface area contributed by atoms with Crippen molar-refractivity contribution >= 4 is 27.6 Å². The number of ketones is 1. The zero-order valence-corrected chi connectivity index (χ0v) is 16.6. The Morgan fingerprint density at radius 2 is 1.79 bits per heavy atom. The van der Waals surface area contributed by atoms with Crippen molar-refractivity contribution < 1.29 is 9.53 Å². The molecule has 0 unspecified atom stereocenters. The van der Waals surface area contributed by atoms with Gasteiger partial charge in [-0.15, -0.1) is 0 Å². The average molecular weight is 387 g/mol. The highest BCUT2D eigenvalue weighted by molar-refractivity contribution is 6.08. The summed E-state index contributed by atoms with van der Waals surface area (Å²) in [6, 6.07) is 14.2. The molecule has 3 heterocycles. The molecule has 1 aliphatic heterocycles. The smallest absolute Gasteiger partial charge is 0.178 e. The number of aromatic amines is 2. The minimum absolute atomic E-state index is 0.192. The highest BCUT2D eigenvalue weighted by Gasteiger charge is 2.25. The fourth-order valence-electron chi connectivity index (χ4n) is 4.58. The molecule has 4 aromatic rings. The minimum Gasteiger partial charge on any atom is -0.497 e. The number of hydrogen-bond acceptors (Lipinski definition) is 3. The normalized spacial score (nSPS) is 15.9. The number of rotatable bonds is 5. The van der Waals surface area contributed by atoms with Crippen LogP contribution in [-0.4, -0.2) is 47.4 Å². The van der Waals surface area contributed by atoms with Gasteiger partial charge in [-0.1, -0.05) is 18.2 Å². The molecule has 1 saturated heterocycles. The number of piperidine rings is 1. The van der Waals surface area contributed by atoms with E-state index in [-0.39, 0.29) is 5.78 Å². The molecule has 5 nitrogen and oxygen atoms in total. The first-order valence-electron chi connectivity index (χ1n) is 10.2. The van der Waals surface area contributed by atoms with Crippen LogP contribution >= 0.6 is 0 Å². The van der Waals surface area contributed by atoms with Gasteiger partial charge >= 0.3 is 0 Å². The van der Waals surface area contributed by atoms with Gasteiger partial charge in [0.05, 0.1) is 13.7 Å². The van der Waals surface area contributed by atoms with E-state index in [4.69, 9.17) is 4.74 Å². The number of fused-ring (bicyclic) bond motifs is 2. The molecule has 0 radical (unpaired) electrons. The van der Waals surface area contributed by atoms with Crippen molar-refractivity contribution in [2.24, 2.45) is 0 Å². The third-order valence-electron chi connectivity index (χ3n) is 6.21. The van der Waals surface area contributed by atoms with Crippen LogP contribution in [0.4, 0.5) is 0 Å². The Morgan fingerprint density at radius 1 is 1.03 bits per heavy atom. The maximum Gasteiger partial charge on any atom is 0.178 e. The number of likely N-dealkylation sites (tertiary alicyclic amines) is 1. The number of nitrogens with one attached hydrogen (secondary N) is 2. The van der Waals surface area contributed by atoms with Gasteiger partial charge in [0, 0.05) is 39.8 Å². The van der Waals surface area contributed by atoms with Crippen molar-refractivity contribution in [2.45, 2.75) is 18.8 Å². The Bertz CT molecular complexity index is 1170. The first-order valence-corrected chi connectivity index (χ1v) is 10.2. The zero-order chi connectivity index (χ0) is 19.8. The van der Waals surface area contributed by atoms with E-state index >= 15 is 0 Å². The van der Waals surface area contributed by atoms with Crippen LogP contribution < -0.4 is 4.74 Å². The largest absolute Gasteiger partial charge is 0.497 e. The van der Waals surface area contributed by atoms with Gasteiger partial charge in [-0.05, 0) is 61.7 Å². The Balaban J connectivity index is 1.27. The van der Waals surface area contributed by atoms with Gasteiger partial charge in [0.25, 0.3) is 0 Å². The zero-order valence-electron chi connectivity index (χ0n) is 16.6. The summed E-state index contributed by atoms with van der Waals surface area (Å²) in [7, 11) is 1.71. The fraction of sp³-hybridized carbons (Fsp3) is 0.292. The first-order chi connectivity index (χ1) is 14.2. The van der Waals surface area contributed by atoms with E-state index in [1.807, 2.05) is 36.5 Å². The molecule has 29 heavy (non-hydrogen) atoms. The lowest BCUT2D eigenvalue weighted by Gasteiger charge is -2.31. The monoisotopic (exact) mass is 387 g/mol. The summed E-state index contributed by atoms with van der Waals surface area (Å²) in [5.74, 6) is 1.59. The van der Waals surface area contributed by atoms with E-state index in [1.165, 1.54) is 10.9 Å². The molecule has 2 aromatic heterocycles. The molecule has 2 aromatic carbocycles. The molecule has 0 bridgehead atoms. The van der Waals surface area contributed by atoms with E-state index in [2.05, 4.69) is 33.2 Å². The maximum atomic E-state index is 12.9. The molecule has 0 aliphatic carbocycles. The van der Waals surface area contributed by atoms with Gasteiger partial charge in [0.2, 0.25) is 0 Å². The SMILES string of the molecule is COc1ccc2[nH]cc(C3CCN(CC(=O)c4c[nH]c5ccccc45)CC3)c2c1. The summed E-state index contributed by atoms with van der Waals surface area (Å²) in [4.78, 5) is 21.7. The van der Waals surface area contributed by atoms with Crippen molar-refractivity contribution in [2.75, 3.05) is 26.7 Å². The van der Waals surface area contributed by atoms with E-state index in [1.54, 1.807) is 7.11 Å². The third kappa shape index (κ3) is 3.32. The minimum atomic E-state index is 0.192. The molecule has 0 amide bonds. The van der Waals surface area contributed by atoms with Crippen LogP contribution in [-0.2, 0) is 0 Å². The summed E-state index contributed by atoms with van der Waals surface area (Å²) in [5.41, 5.74) is 4.33. The van der Waals surface area contributed by atoms with Crippen LogP contribution in [0.3, 0.4) is 0 Å². The lowest BCUT2D eigenvalue weighted by atomic mass is 9.89. The van der Waals surface area contributed by atoms with Crippen LogP contribution in [0.5, 0.6) is 5.75 Å². The van der Waals surface area contributed by atoms with Gasteiger partial charge in [-0.3, -0.25) is 9.69 Å². The first kappa shape index (κ1) is 18.0. The molecule has 0 saturated carbocycles. The Labute approximate surface area is 169 Å². The number of benzene rings is 2. The number of ether oxygens (including phenoxy) is 1. The summed E-state index contributed by atoms with van der Waals surface area (Å²) in [5, 5.41) is 2.26. The van der Waals surface area contributed by atoms with E-state index < -0.39 is 0 Å². The van der Waals surface area contributed by atoms with Gasteiger partial charge in [0.15, 0.2) is 5.78 Å². The summed E-state index contributed by atoms with van der Waals surface area (Å²) >= 11 is 0. The highest BCUT2D eigenvalue weighted by atomic mass is 16.5. The number of aromatic nitrogens is 2. The predicted molar refractivity (Wildman–Crippen MR) is 116 cm³/mol. The van der Waals surface area contributed by atoms with Crippen LogP contribution in [0.25, 0.3) is 21.8 Å². The van der Waals surface area contributed by atoms with Crippen LogP contribution in [0.1, 0.15) is 34.7 Å². The number of para-hydroxylation sites is 1. The predicted octanol–water partition coefficient (Wildman–Crippen LogP) is 4.72. The molecule has 0 atom stereocenters. The molecule has 0 spiro atoms. The molecule has 1 fully saturated rings. The maximum absolute atomic E-state index is 12.9. The third-order valence-corrected chi connectivity index (χ3v) is 6.21. The number of carbonyl (C=O) groups is 1. The average Bonchev–Trinajstić information content (AvgIpc) is 3.38. The quantitative estimate of drug-likeness (QED) is 0.487. The second-order valence-electron chi connectivity index (χ2n) is 7.88. The second-order valence-corrected chi connectivity index (χ2v) is 7.88. The van der Waals surface area contributed by atoms with Crippen molar-refractivity contribution in [1.82, 2.24) is 14.9 Å². The van der Waals surface area contributed by atoms with Crippen molar-refractivity contribution in [3.8, 4) is 5.75 Å². The molecular formula is C24H25N3O2. The van der Waals surface area contributed by atoms with Gasteiger partial charge in [-0.25, -0.2) is 0 Å². The fourth-order valence-corrected chi connectivity index (χ4v) is 4.58. The van der Waals surface area contributed by atoms with E-state index in [0.717, 1.165) is 53.7 Å². The van der Waals surface area contributed by atoms with Gasteiger partial charge in [0.1, 0.15) is 5.75 Å². The molecule has 2 N–H and O–H groups in total. The lowest BCUT2D eigenvalue weighted by molar-refractivity contribution is 0.0911. The van der Waals surface area contributed by atoms with E-state index in [0.29, 0.717) is 12.5 Å². The van der Waals surface area contributed by atoms with Crippen LogP contribution in [0, 0.1) is 0 Å². The van der Waals surface area contributed by atoms with Gasteiger partial charge in [-0.2, -0.15) is 0 Å². The molecule has 5 heteroatoms. The number of nitrogens with zero attached hydrogens (tertiary/aromatic N) is 1. The van der Waals surface area contributed by atoms with Crippen LogP contribution in [0.15, 0.2) is 54.9 Å². The Morgan fingerprint density at radius 3 is 2.62 bits per heavy atom. The highest BCUT2D eigenvalue weighted by Crippen LogP contribution is 2.34. The molecule has 5 rings (SSSR count). The van der Waals surface area contributed by atoms with Crippen molar-refractivity contribution in [1.29, 1.82) is 0 Å². The standard InChI is InChI=1S/C24H25N3O2/c1-29-17-6-7-23-19(12-17)20(13-25-23)16-8-10-27(11-9-16)15-24(28)21-14-26-22-5-3-2-4-18(21)22/h2-7,12-14,16,25-26H,8-11,15H2,1H3. The lowest BCUT2D eigenvalue weighted by Crippen LogP contribution is -2.36. The van der Waals surface area contributed by atoms with Crippen LogP contribution in [0.2, 0.25) is 0 Å². The summed E-state index contributed by atoms with van der Waals surface area (Å²) < 4.78 is 5.40. The summed E-state index contributed by atoms with van der Waals surface area (Å²) in [6.07, 6.45) is 6.11. The molecule has 1 aliphatic rings. The van der Waals surface area contributed by atoms with Crippen molar-refractivity contribution in [3.05, 3.63) is 66.0 Å². The molecule has 148 valence electrons. The van der Waals surface area contributed by atoms with Crippen molar-refractivity contribution in [3.63, 3.8) is 0 Å². The number of methoxy groups -OCH3 is 1.